The van der Waals surface area contributed by atoms with Gasteiger partial charge in [-0.1, -0.05) is 226 Å². The Morgan fingerprint density at radius 1 is 0.476 bits per heavy atom. The van der Waals surface area contributed by atoms with Gasteiger partial charge in [-0.15, -0.1) is 0 Å². The molecule has 6 atom stereocenters. The predicted molar refractivity (Wildman–Crippen MR) is 252 cm³/mol. The summed E-state index contributed by atoms with van der Waals surface area (Å²) < 4.78 is 54.2. The van der Waals surface area contributed by atoms with E-state index >= 15 is 0 Å². The molecular weight excluding hydrogens is 825 g/mol. The van der Waals surface area contributed by atoms with Crippen molar-refractivity contribution in [3.8, 4) is 0 Å². The summed E-state index contributed by atoms with van der Waals surface area (Å²) in [7, 11) is -4.60. The van der Waals surface area contributed by atoms with Crippen LogP contribution < -0.4 is 0 Å². The molecular formula is C50H96O12S. The molecule has 0 aromatic carbocycles. The van der Waals surface area contributed by atoms with Crippen LogP contribution in [0, 0.1) is 0 Å². The zero-order valence-electron chi connectivity index (χ0n) is 40.2. The summed E-state index contributed by atoms with van der Waals surface area (Å²) in [5.74, 6) is -1.96. The minimum absolute atomic E-state index is 0.173. The maximum atomic E-state index is 12.9. The van der Waals surface area contributed by atoms with Crippen molar-refractivity contribution in [2.75, 3.05) is 19.0 Å². The van der Waals surface area contributed by atoms with E-state index in [0.29, 0.717) is 12.8 Å². The summed E-state index contributed by atoms with van der Waals surface area (Å²) >= 11 is 0. The van der Waals surface area contributed by atoms with Gasteiger partial charge in [-0.05, 0) is 12.8 Å². The molecule has 4 N–H and O–H groups in total. The van der Waals surface area contributed by atoms with Gasteiger partial charge in [0.05, 0.1) is 6.61 Å². The highest BCUT2D eigenvalue weighted by molar-refractivity contribution is 7.85. The molecule has 1 heterocycles. The number of unbranched alkanes of at least 4 members (excludes halogenated alkanes) is 33. The fourth-order valence-electron chi connectivity index (χ4n) is 8.39. The van der Waals surface area contributed by atoms with Crippen LogP contribution in [0.1, 0.15) is 251 Å². The summed E-state index contributed by atoms with van der Waals surface area (Å²) in [6, 6.07) is 0. The van der Waals surface area contributed by atoms with Gasteiger partial charge in [-0.25, -0.2) is 0 Å². The first-order valence-corrected chi connectivity index (χ1v) is 27.7. The Balaban J connectivity index is 2.34. The summed E-state index contributed by atoms with van der Waals surface area (Å²) in [5, 5.41) is 31.0. The number of esters is 2. The normalized spacial score (nSPS) is 19.6. The van der Waals surface area contributed by atoms with E-state index in [1.54, 1.807) is 0 Å². The third-order valence-corrected chi connectivity index (χ3v) is 13.2. The Labute approximate surface area is 384 Å². The molecule has 0 saturated carbocycles. The number of aliphatic hydroxyl groups excluding tert-OH is 3. The van der Waals surface area contributed by atoms with E-state index in [9.17, 15) is 37.9 Å². The van der Waals surface area contributed by atoms with Crippen molar-refractivity contribution in [1.82, 2.24) is 0 Å². The van der Waals surface area contributed by atoms with Crippen molar-refractivity contribution in [1.29, 1.82) is 0 Å². The lowest BCUT2D eigenvalue weighted by atomic mass is 10.00. The quantitative estimate of drug-likeness (QED) is 0.0258. The topological polar surface area (TPSA) is 186 Å². The molecule has 63 heavy (non-hydrogen) atoms. The summed E-state index contributed by atoms with van der Waals surface area (Å²) in [6.07, 6.45) is 34.3. The Morgan fingerprint density at radius 3 is 1.16 bits per heavy atom. The zero-order valence-corrected chi connectivity index (χ0v) is 41.0. The van der Waals surface area contributed by atoms with Crippen LogP contribution >= 0.6 is 0 Å². The molecule has 0 aromatic rings. The molecule has 0 spiro atoms. The first-order valence-electron chi connectivity index (χ1n) is 26.1. The standard InChI is InChI=1S/C50H96O12S/c1-3-5-7-9-11-13-15-17-19-21-22-23-25-26-28-30-32-34-36-38-45(51)59-40-43(41-60-50-49(55)48(54)47(53)44(62-50)42-63(56,57)58)61-46(52)39-37-35-33-31-29-27-24-20-18-16-14-12-10-8-6-4-2/h43-44,47-50,53-55H,3-42H2,1-2H3,(H,56,57,58)/t43-,44-,47-,48?,49?,50+/m1/s1. The van der Waals surface area contributed by atoms with Crippen molar-refractivity contribution in [3.63, 3.8) is 0 Å². The smallest absolute Gasteiger partial charge is 0.306 e. The second kappa shape index (κ2) is 40.9. The Bertz CT molecular complexity index is 1170. The van der Waals surface area contributed by atoms with Crippen LogP contribution in [0.15, 0.2) is 0 Å². The highest BCUT2D eigenvalue weighted by Gasteiger charge is 2.46. The number of ether oxygens (including phenoxy) is 4. The predicted octanol–water partition coefficient (Wildman–Crippen LogP) is 11.6. The van der Waals surface area contributed by atoms with Gasteiger partial charge in [0.25, 0.3) is 10.1 Å². The molecule has 1 rings (SSSR count). The zero-order chi connectivity index (χ0) is 46.2. The Hall–Kier alpha value is -1.35. The number of carbonyl (C=O) groups excluding carboxylic acids is 2. The van der Waals surface area contributed by atoms with Crippen molar-refractivity contribution in [2.24, 2.45) is 0 Å². The van der Waals surface area contributed by atoms with Crippen molar-refractivity contribution in [2.45, 2.75) is 288 Å². The van der Waals surface area contributed by atoms with Crippen LogP contribution in [0.25, 0.3) is 0 Å². The third-order valence-electron chi connectivity index (χ3n) is 12.4. The van der Waals surface area contributed by atoms with Crippen LogP contribution in [-0.4, -0.2) is 96.0 Å². The SMILES string of the molecule is CCCCCCCCCCCCCCCCCCCCCC(=O)OC[C@H](CO[C@H]1O[C@H](CS(=O)(=O)O)[C@@H](O)C(O)C1O)OC(=O)CCCCCCCCCCCCCCCCCC. The monoisotopic (exact) mass is 921 g/mol. The van der Waals surface area contributed by atoms with Gasteiger partial charge in [-0.3, -0.25) is 14.1 Å². The maximum absolute atomic E-state index is 12.9. The van der Waals surface area contributed by atoms with E-state index in [4.69, 9.17) is 18.9 Å². The van der Waals surface area contributed by atoms with Gasteiger partial charge in [0.15, 0.2) is 12.4 Å². The first kappa shape index (κ1) is 59.7. The van der Waals surface area contributed by atoms with E-state index in [1.165, 1.54) is 173 Å². The van der Waals surface area contributed by atoms with E-state index < -0.39 is 71.2 Å². The highest BCUT2D eigenvalue weighted by atomic mass is 32.2. The van der Waals surface area contributed by atoms with Crippen molar-refractivity contribution in [3.05, 3.63) is 0 Å². The summed E-state index contributed by atoms with van der Waals surface area (Å²) in [4.78, 5) is 25.5. The molecule has 0 aromatic heterocycles. The third kappa shape index (κ3) is 35.5. The van der Waals surface area contributed by atoms with E-state index in [2.05, 4.69) is 13.8 Å². The van der Waals surface area contributed by atoms with Gasteiger partial charge in [0.1, 0.15) is 36.8 Å². The molecule has 1 saturated heterocycles. The van der Waals surface area contributed by atoms with Crippen LogP contribution in [0.5, 0.6) is 0 Å². The van der Waals surface area contributed by atoms with Gasteiger partial charge in [0, 0.05) is 12.8 Å². The Kier molecular flexibility index (Phi) is 38.7. The van der Waals surface area contributed by atoms with Crippen LogP contribution in [0.3, 0.4) is 0 Å². The lowest BCUT2D eigenvalue weighted by Crippen LogP contribution is -2.60. The lowest BCUT2D eigenvalue weighted by molar-refractivity contribution is -0.297. The van der Waals surface area contributed by atoms with Gasteiger partial charge < -0.3 is 34.3 Å². The molecule has 12 nitrogen and oxygen atoms in total. The molecule has 374 valence electrons. The molecule has 0 bridgehead atoms. The lowest BCUT2D eigenvalue weighted by Gasteiger charge is -2.40. The number of rotatable bonds is 45. The second-order valence-electron chi connectivity index (χ2n) is 18.6. The number of carbonyl (C=O) groups is 2. The number of hydrogen-bond acceptors (Lipinski definition) is 11. The number of hydrogen-bond donors (Lipinski definition) is 4. The van der Waals surface area contributed by atoms with Crippen LogP contribution in [0.2, 0.25) is 0 Å². The number of aliphatic hydroxyl groups is 3. The first-order chi connectivity index (χ1) is 30.5. The van der Waals surface area contributed by atoms with E-state index in [0.717, 1.165) is 38.5 Å². The molecule has 1 aliphatic rings. The van der Waals surface area contributed by atoms with E-state index in [-0.39, 0.29) is 19.4 Å². The second-order valence-corrected chi connectivity index (χ2v) is 20.1. The molecule has 13 heteroatoms. The van der Waals surface area contributed by atoms with Crippen LogP contribution in [0.4, 0.5) is 0 Å². The van der Waals surface area contributed by atoms with Gasteiger partial charge in [0.2, 0.25) is 0 Å². The Morgan fingerprint density at radius 2 is 0.810 bits per heavy atom. The summed E-state index contributed by atoms with van der Waals surface area (Å²) in [5.41, 5.74) is 0. The molecule has 2 unspecified atom stereocenters. The summed E-state index contributed by atoms with van der Waals surface area (Å²) in [6.45, 7) is 3.81. The molecule has 0 radical (unpaired) electrons. The minimum atomic E-state index is -4.60. The average Bonchev–Trinajstić information content (AvgIpc) is 3.25. The maximum Gasteiger partial charge on any atom is 0.306 e. The van der Waals surface area contributed by atoms with Crippen molar-refractivity contribution >= 4 is 22.1 Å². The minimum Gasteiger partial charge on any atom is -0.462 e. The fraction of sp³-hybridized carbons (Fsp3) is 0.960. The van der Waals surface area contributed by atoms with Crippen LogP contribution in [-0.2, 0) is 38.7 Å². The largest absolute Gasteiger partial charge is 0.462 e. The fourth-order valence-corrected chi connectivity index (χ4v) is 9.08. The molecule has 0 amide bonds. The van der Waals surface area contributed by atoms with Gasteiger partial charge >= 0.3 is 11.9 Å². The molecule has 0 aliphatic carbocycles. The highest BCUT2D eigenvalue weighted by Crippen LogP contribution is 2.24. The molecule has 1 fully saturated rings. The average molecular weight is 921 g/mol. The van der Waals surface area contributed by atoms with Gasteiger partial charge in [-0.2, -0.15) is 8.42 Å². The van der Waals surface area contributed by atoms with Crippen molar-refractivity contribution < 1.29 is 56.8 Å². The van der Waals surface area contributed by atoms with E-state index in [1.807, 2.05) is 0 Å². The molecule has 1 aliphatic heterocycles.